The minimum absolute atomic E-state index is 0.689. The molecule has 1 N–H and O–H groups in total. The first-order valence-electron chi connectivity index (χ1n) is 10.9. The van der Waals surface area contributed by atoms with Gasteiger partial charge in [0.1, 0.15) is 11.2 Å². The quantitative estimate of drug-likeness (QED) is 0.469. The number of aromatic nitrogens is 5. The molecule has 7 heteroatoms. The van der Waals surface area contributed by atoms with Gasteiger partial charge in [-0.2, -0.15) is 4.98 Å². The summed E-state index contributed by atoms with van der Waals surface area (Å²) in [7, 11) is 0. The second-order valence-electron chi connectivity index (χ2n) is 8.29. The van der Waals surface area contributed by atoms with Gasteiger partial charge < -0.3 is 19.2 Å². The van der Waals surface area contributed by atoms with Gasteiger partial charge in [-0.1, -0.05) is 35.9 Å². The van der Waals surface area contributed by atoms with E-state index in [4.69, 9.17) is 19.7 Å². The number of hydrogen-bond acceptors (Lipinski definition) is 5. The van der Waals surface area contributed by atoms with E-state index >= 15 is 0 Å². The van der Waals surface area contributed by atoms with Gasteiger partial charge in [-0.25, -0.2) is 9.97 Å². The lowest BCUT2D eigenvalue weighted by atomic mass is 10.1. The first-order chi connectivity index (χ1) is 15.7. The summed E-state index contributed by atoms with van der Waals surface area (Å²) in [5.41, 5.74) is 7.17. The summed E-state index contributed by atoms with van der Waals surface area (Å²) in [5, 5.41) is 1.15. The van der Waals surface area contributed by atoms with E-state index in [1.54, 1.807) is 0 Å². The number of fused-ring (bicyclic) bond motifs is 2. The predicted molar refractivity (Wildman–Crippen MR) is 126 cm³/mol. The molecular formula is C25H24N6O. The molecule has 1 fully saturated rings. The third kappa shape index (κ3) is 3.40. The van der Waals surface area contributed by atoms with Crippen LogP contribution in [0, 0.1) is 6.92 Å². The highest BCUT2D eigenvalue weighted by atomic mass is 16.5. The largest absolute Gasteiger partial charge is 0.378 e. The van der Waals surface area contributed by atoms with Crippen molar-refractivity contribution in [1.29, 1.82) is 0 Å². The number of rotatable bonds is 4. The zero-order valence-corrected chi connectivity index (χ0v) is 18.0. The minimum atomic E-state index is 0.689. The molecule has 1 aliphatic heterocycles. The van der Waals surface area contributed by atoms with Crippen LogP contribution >= 0.6 is 0 Å². The SMILES string of the molecule is Cc1cccc(Cn2cnc3c(-c4ccc5[nH]ccc5c4)nc(N4CCOCC4)nc32)c1. The van der Waals surface area contributed by atoms with Crippen LogP contribution in [0.2, 0.25) is 0 Å². The van der Waals surface area contributed by atoms with E-state index in [-0.39, 0.29) is 0 Å². The van der Waals surface area contributed by atoms with Gasteiger partial charge >= 0.3 is 0 Å². The van der Waals surface area contributed by atoms with Gasteiger partial charge in [-0.05, 0) is 30.7 Å². The Bertz CT molecular complexity index is 1410. The Labute approximate surface area is 185 Å². The van der Waals surface area contributed by atoms with E-state index in [0.29, 0.717) is 19.8 Å². The molecule has 4 heterocycles. The number of nitrogens with one attached hydrogen (secondary N) is 1. The number of imidazole rings is 1. The summed E-state index contributed by atoms with van der Waals surface area (Å²) >= 11 is 0. The summed E-state index contributed by atoms with van der Waals surface area (Å²) in [6.45, 7) is 5.78. The van der Waals surface area contributed by atoms with E-state index in [1.165, 1.54) is 11.1 Å². The molecule has 1 saturated heterocycles. The molecule has 0 atom stereocenters. The van der Waals surface area contributed by atoms with Crippen LogP contribution in [0.4, 0.5) is 5.95 Å². The Morgan fingerprint density at radius 3 is 2.81 bits per heavy atom. The fourth-order valence-electron chi connectivity index (χ4n) is 4.36. The number of aryl methyl sites for hydroxylation is 1. The lowest BCUT2D eigenvalue weighted by molar-refractivity contribution is 0.122. The summed E-state index contributed by atoms with van der Waals surface area (Å²) < 4.78 is 7.66. The van der Waals surface area contributed by atoms with Crippen LogP contribution in [0.3, 0.4) is 0 Å². The van der Waals surface area contributed by atoms with Gasteiger partial charge in [0.05, 0.1) is 26.1 Å². The third-order valence-corrected chi connectivity index (χ3v) is 6.01. The molecule has 160 valence electrons. The fourth-order valence-corrected chi connectivity index (χ4v) is 4.36. The van der Waals surface area contributed by atoms with Crippen LogP contribution in [-0.4, -0.2) is 50.8 Å². The summed E-state index contributed by atoms with van der Waals surface area (Å²) in [6, 6.07) is 17.0. The molecule has 7 nitrogen and oxygen atoms in total. The summed E-state index contributed by atoms with van der Waals surface area (Å²) in [6.07, 6.45) is 3.84. The van der Waals surface area contributed by atoms with Crippen molar-refractivity contribution >= 4 is 28.0 Å². The molecule has 0 saturated carbocycles. The monoisotopic (exact) mass is 424 g/mol. The number of morpholine rings is 1. The molecular weight excluding hydrogens is 400 g/mol. The average molecular weight is 425 g/mol. The van der Waals surface area contributed by atoms with Crippen LogP contribution in [0.15, 0.2) is 61.1 Å². The zero-order chi connectivity index (χ0) is 21.5. The second kappa shape index (κ2) is 7.76. The number of aromatic amines is 1. The zero-order valence-electron chi connectivity index (χ0n) is 18.0. The highest BCUT2D eigenvalue weighted by molar-refractivity contribution is 5.92. The first-order valence-corrected chi connectivity index (χ1v) is 10.9. The van der Waals surface area contributed by atoms with Crippen molar-refractivity contribution in [3.63, 3.8) is 0 Å². The normalized spacial score (nSPS) is 14.5. The highest BCUT2D eigenvalue weighted by Crippen LogP contribution is 2.30. The Hall–Kier alpha value is -3.71. The van der Waals surface area contributed by atoms with Crippen LogP contribution in [-0.2, 0) is 11.3 Å². The molecule has 1 aliphatic rings. The fraction of sp³-hybridized carbons (Fsp3) is 0.240. The maximum atomic E-state index is 5.54. The number of H-pyrrole nitrogens is 1. The number of ether oxygens (including phenoxy) is 1. The smallest absolute Gasteiger partial charge is 0.228 e. The van der Waals surface area contributed by atoms with Crippen molar-refractivity contribution in [2.45, 2.75) is 13.5 Å². The van der Waals surface area contributed by atoms with Crippen LogP contribution in [0.25, 0.3) is 33.3 Å². The van der Waals surface area contributed by atoms with E-state index in [9.17, 15) is 0 Å². The van der Waals surface area contributed by atoms with Crippen molar-refractivity contribution in [2.24, 2.45) is 0 Å². The second-order valence-corrected chi connectivity index (χ2v) is 8.29. The Kier molecular flexibility index (Phi) is 4.61. The lowest BCUT2D eigenvalue weighted by Gasteiger charge is -2.27. The molecule has 0 amide bonds. The van der Waals surface area contributed by atoms with Crippen molar-refractivity contribution < 1.29 is 4.74 Å². The van der Waals surface area contributed by atoms with Crippen LogP contribution in [0.5, 0.6) is 0 Å². The first kappa shape index (κ1) is 19.0. The molecule has 6 rings (SSSR count). The average Bonchev–Trinajstić information content (AvgIpc) is 3.46. The molecule has 2 aromatic carbocycles. The number of benzene rings is 2. The Morgan fingerprint density at radius 1 is 1.03 bits per heavy atom. The van der Waals surface area contributed by atoms with Crippen LogP contribution in [0.1, 0.15) is 11.1 Å². The van der Waals surface area contributed by atoms with E-state index in [2.05, 4.69) is 69.9 Å². The number of hydrogen-bond donors (Lipinski definition) is 1. The van der Waals surface area contributed by atoms with Crippen molar-refractivity contribution in [1.82, 2.24) is 24.5 Å². The van der Waals surface area contributed by atoms with Crippen molar-refractivity contribution in [3.8, 4) is 11.3 Å². The standard InChI is InChI=1S/C25H24N6O/c1-17-3-2-4-18(13-17)15-31-16-27-23-22(20-5-6-21-19(14-20)7-8-26-21)28-25(29-24(23)31)30-9-11-32-12-10-30/h2-8,13-14,16,26H,9-12,15H2,1H3. The topological polar surface area (TPSA) is 71.9 Å². The van der Waals surface area contributed by atoms with Gasteiger partial charge in [-0.15, -0.1) is 0 Å². The Morgan fingerprint density at radius 2 is 1.94 bits per heavy atom. The van der Waals surface area contributed by atoms with Crippen molar-refractivity contribution in [3.05, 3.63) is 72.2 Å². The van der Waals surface area contributed by atoms with E-state index in [0.717, 1.165) is 52.4 Å². The molecule has 32 heavy (non-hydrogen) atoms. The molecule has 0 aliphatic carbocycles. The van der Waals surface area contributed by atoms with E-state index in [1.807, 2.05) is 12.5 Å². The van der Waals surface area contributed by atoms with Gasteiger partial charge in [0.15, 0.2) is 5.65 Å². The number of anilines is 1. The molecule has 0 bridgehead atoms. The Balaban J connectivity index is 1.51. The van der Waals surface area contributed by atoms with Gasteiger partial charge in [0.2, 0.25) is 5.95 Å². The predicted octanol–water partition coefficient (Wildman–Crippen LogP) is 4.17. The van der Waals surface area contributed by atoms with E-state index < -0.39 is 0 Å². The number of nitrogens with zero attached hydrogens (tertiary/aromatic N) is 5. The molecule has 5 aromatic rings. The van der Waals surface area contributed by atoms with Gasteiger partial charge in [0, 0.05) is 35.8 Å². The van der Waals surface area contributed by atoms with Crippen molar-refractivity contribution in [2.75, 3.05) is 31.2 Å². The summed E-state index contributed by atoms with van der Waals surface area (Å²) in [5.74, 6) is 0.732. The molecule has 3 aromatic heterocycles. The third-order valence-electron chi connectivity index (χ3n) is 6.01. The molecule has 0 radical (unpaired) electrons. The molecule has 0 spiro atoms. The minimum Gasteiger partial charge on any atom is -0.378 e. The maximum Gasteiger partial charge on any atom is 0.228 e. The summed E-state index contributed by atoms with van der Waals surface area (Å²) in [4.78, 5) is 20.2. The maximum absolute atomic E-state index is 5.54. The molecule has 0 unspecified atom stereocenters. The van der Waals surface area contributed by atoms with Crippen LogP contribution < -0.4 is 4.90 Å². The highest BCUT2D eigenvalue weighted by Gasteiger charge is 2.20. The lowest BCUT2D eigenvalue weighted by Crippen LogP contribution is -2.37. The van der Waals surface area contributed by atoms with Gasteiger partial charge in [0.25, 0.3) is 0 Å². The van der Waals surface area contributed by atoms with Gasteiger partial charge in [-0.3, -0.25) is 0 Å².